The molecule has 5 heteroatoms. The van der Waals surface area contributed by atoms with Gasteiger partial charge in [-0.1, -0.05) is 25.7 Å². The van der Waals surface area contributed by atoms with Crippen LogP contribution < -0.4 is 5.32 Å². The zero-order valence-electron chi connectivity index (χ0n) is 10.1. The molecule has 0 aromatic carbocycles. The minimum atomic E-state index is -1.17. The molecule has 0 radical (unpaired) electrons. The van der Waals surface area contributed by atoms with E-state index in [1.807, 2.05) is 0 Å². The number of hydrogen-bond acceptors (Lipinski definition) is 3. The van der Waals surface area contributed by atoms with Crippen molar-refractivity contribution in [2.24, 2.45) is 5.92 Å². The van der Waals surface area contributed by atoms with E-state index in [4.69, 9.17) is 9.52 Å². The summed E-state index contributed by atoms with van der Waals surface area (Å²) in [6.07, 6.45) is 6.06. The first-order chi connectivity index (χ1) is 8.66. The van der Waals surface area contributed by atoms with Gasteiger partial charge in [-0.15, -0.1) is 0 Å². The van der Waals surface area contributed by atoms with Crippen LogP contribution in [0, 0.1) is 5.92 Å². The van der Waals surface area contributed by atoms with Gasteiger partial charge in [0.25, 0.3) is 5.91 Å². The van der Waals surface area contributed by atoms with Crippen LogP contribution in [0.2, 0.25) is 0 Å². The number of carboxylic acid groups (broad SMARTS) is 1. The highest BCUT2D eigenvalue weighted by atomic mass is 16.4. The lowest BCUT2D eigenvalue weighted by Crippen LogP contribution is -2.25. The molecule has 0 bridgehead atoms. The molecule has 0 spiro atoms. The van der Waals surface area contributed by atoms with E-state index in [2.05, 4.69) is 5.32 Å². The van der Waals surface area contributed by atoms with Crippen LogP contribution in [0.5, 0.6) is 0 Å². The lowest BCUT2D eigenvalue weighted by molar-refractivity contribution is 0.0659. The van der Waals surface area contributed by atoms with E-state index in [9.17, 15) is 9.59 Å². The maximum Gasteiger partial charge on any atom is 0.371 e. The molecule has 2 rings (SSSR count). The number of rotatable bonds is 5. The Morgan fingerprint density at radius 3 is 2.56 bits per heavy atom. The molecular weight excluding hydrogens is 234 g/mol. The van der Waals surface area contributed by atoms with E-state index in [-0.39, 0.29) is 17.4 Å². The van der Waals surface area contributed by atoms with Crippen molar-refractivity contribution in [2.45, 2.75) is 32.1 Å². The molecule has 1 amide bonds. The molecule has 1 saturated carbocycles. The molecular formula is C13H17NO4. The van der Waals surface area contributed by atoms with Gasteiger partial charge in [0.15, 0.2) is 5.76 Å². The summed E-state index contributed by atoms with van der Waals surface area (Å²) in [6, 6.07) is 2.67. The predicted octanol–water partition coefficient (Wildman–Crippen LogP) is 2.29. The fourth-order valence-corrected chi connectivity index (χ4v) is 2.35. The van der Waals surface area contributed by atoms with Gasteiger partial charge in [0.05, 0.1) is 0 Å². The van der Waals surface area contributed by atoms with Crippen LogP contribution >= 0.6 is 0 Å². The smallest absolute Gasteiger partial charge is 0.371 e. The summed E-state index contributed by atoms with van der Waals surface area (Å²) in [6.45, 7) is 0.618. The molecule has 5 nitrogen and oxygen atoms in total. The number of carbonyl (C=O) groups is 2. The van der Waals surface area contributed by atoms with E-state index in [1.165, 1.54) is 37.8 Å². The summed E-state index contributed by atoms with van der Waals surface area (Å²) in [5.74, 6) is -0.952. The summed E-state index contributed by atoms with van der Waals surface area (Å²) in [5, 5.41) is 11.4. The van der Waals surface area contributed by atoms with Crippen LogP contribution in [0.3, 0.4) is 0 Å². The normalized spacial score (nSPS) is 15.8. The molecule has 2 N–H and O–H groups in total. The van der Waals surface area contributed by atoms with Crippen LogP contribution in [0.4, 0.5) is 0 Å². The second kappa shape index (κ2) is 5.71. The highest BCUT2D eigenvalue weighted by Crippen LogP contribution is 2.26. The minimum absolute atomic E-state index is 0.0545. The molecule has 18 heavy (non-hydrogen) atoms. The molecule has 1 aliphatic rings. The molecule has 0 aliphatic heterocycles. The Morgan fingerprint density at radius 1 is 1.28 bits per heavy atom. The van der Waals surface area contributed by atoms with Gasteiger partial charge >= 0.3 is 5.97 Å². The molecule has 0 atom stereocenters. The number of carboxylic acids is 1. The lowest BCUT2D eigenvalue weighted by atomic mass is 10.0. The summed E-state index contributed by atoms with van der Waals surface area (Å²) >= 11 is 0. The third-order valence-electron chi connectivity index (χ3n) is 3.35. The van der Waals surface area contributed by atoms with E-state index in [0.717, 1.165) is 12.3 Å². The maximum absolute atomic E-state index is 11.7. The Balaban J connectivity index is 1.77. The van der Waals surface area contributed by atoms with Crippen molar-refractivity contribution in [3.05, 3.63) is 23.7 Å². The summed E-state index contributed by atoms with van der Waals surface area (Å²) in [7, 11) is 0. The minimum Gasteiger partial charge on any atom is -0.475 e. The van der Waals surface area contributed by atoms with Crippen LogP contribution in [0.15, 0.2) is 16.5 Å². The van der Waals surface area contributed by atoms with Gasteiger partial charge in [-0.2, -0.15) is 0 Å². The SMILES string of the molecule is O=C(O)c1ccc(C(=O)NCCC2CCCC2)o1. The molecule has 1 fully saturated rings. The van der Waals surface area contributed by atoms with Crippen molar-refractivity contribution < 1.29 is 19.1 Å². The first-order valence-corrected chi connectivity index (χ1v) is 6.28. The standard InChI is InChI=1S/C13H17NO4/c15-12(10-5-6-11(18-10)13(16)17)14-8-7-9-3-1-2-4-9/h5-6,9H,1-4,7-8H2,(H,14,15)(H,16,17). The molecule has 1 aliphatic carbocycles. The van der Waals surface area contributed by atoms with E-state index in [0.29, 0.717) is 6.54 Å². The van der Waals surface area contributed by atoms with Gasteiger partial charge < -0.3 is 14.8 Å². The fourth-order valence-electron chi connectivity index (χ4n) is 2.35. The number of amides is 1. The van der Waals surface area contributed by atoms with Crippen molar-refractivity contribution in [1.82, 2.24) is 5.32 Å². The molecule has 1 heterocycles. The third-order valence-corrected chi connectivity index (χ3v) is 3.35. The number of nitrogens with one attached hydrogen (secondary N) is 1. The zero-order chi connectivity index (χ0) is 13.0. The number of hydrogen-bond donors (Lipinski definition) is 2. The van der Waals surface area contributed by atoms with Gasteiger partial charge in [0.2, 0.25) is 5.76 Å². The van der Waals surface area contributed by atoms with Crippen molar-refractivity contribution in [3.63, 3.8) is 0 Å². The topological polar surface area (TPSA) is 79.5 Å². The Labute approximate surface area is 105 Å². The van der Waals surface area contributed by atoms with Crippen molar-refractivity contribution in [3.8, 4) is 0 Å². The van der Waals surface area contributed by atoms with Crippen molar-refractivity contribution >= 4 is 11.9 Å². The largest absolute Gasteiger partial charge is 0.475 e. The Kier molecular flexibility index (Phi) is 4.02. The zero-order valence-corrected chi connectivity index (χ0v) is 10.1. The van der Waals surface area contributed by atoms with Crippen molar-refractivity contribution in [2.75, 3.05) is 6.54 Å². The van der Waals surface area contributed by atoms with Crippen LogP contribution in [0.1, 0.15) is 53.2 Å². The highest BCUT2D eigenvalue weighted by Gasteiger charge is 2.17. The highest BCUT2D eigenvalue weighted by molar-refractivity contribution is 5.93. The third kappa shape index (κ3) is 3.12. The maximum atomic E-state index is 11.7. The molecule has 1 aromatic rings. The quantitative estimate of drug-likeness (QED) is 0.841. The number of aromatic carboxylic acids is 1. The first kappa shape index (κ1) is 12.7. The summed E-state index contributed by atoms with van der Waals surface area (Å²) in [5.41, 5.74) is 0. The second-order valence-corrected chi connectivity index (χ2v) is 4.66. The second-order valence-electron chi connectivity index (χ2n) is 4.66. The van der Waals surface area contributed by atoms with Crippen LogP contribution in [0.25, 0.3) is 0 Å². The van der Waals surface area contributed by atoms with Gasteiger partial charge in [-0.05, 0) is 24.5 Å². The van der Waals surface area contributed by atoms with Gasteiger partial charge in [0.1, 0.15) is 0 Å². The summed E-state index contributed by atoms with van der Waals surface area (Å²) < 4.78 is 4.92. The monoisotopic (exact) mass is 251 g/mol. The van der Waals surface area contributed by atoms with Crippen LogP contribution in [-0.4, -0.2) is 23.5 Å². The predicted molar refractivity (Wildman–Crippen MR) is 64.6 cm³/mol. The molecule has 0 saturated heterocycles. The van der Waals surface area contributed by atoms with Gasteiger partial charge in [0, 0.05) is 6.54 Å². The molecule has 1 aromatic heterocycles. The van der Waals surface area contributed by atoms with E-state index in [1.54, 1.807) is 0 Å². The first-order valence-electron chi connectivity index (χ1n) is 6.28. The molecule has 98 valence electrons. The van der Waals surface area contributed by atoms with Gasteiger partial charge in [-0.25, -0.2) is 4.79 Å². The Hall–Kier alpha value is -1.78. The van der Waals surface area contributed by atoms with Gasteiger partial charge in [-0.3, -0.25) is 4.79 Å². The lowest BCUT2D eigenvalue weighted by Gasteiger charge is -2.08. The Bertz CT molecular complexity index is 432. The van der Waals surface area contributed by atoms with E-state index < -0.39 is 5.97 Å². The Morgan fingerprint density at radius 2 is 1.94 bits per heavy atom. The van der Waals surface area contributed by atoms with E-state index >= 15 is 0 Å². The average Bonchev–Trinajstić information content (AvgIpc) is 2.99. The fraction of sp³-hybridized carbons (Fsp3) is 0.538. The van der Waals surface area contributed by atoms with Crippen molar-refractivity contribution in [1.29, 1.82) is 0 Å². The molecule has 0 unspecified atom stereocenters. The number of carbonyl (C=O) groups excluding carboxylic acids is 1. The number of furan rings is 1. The van der Waals surface area contributed by atoms with Crippen LogP contribution in [-0.2, 0) is 0 Å². The average molecular weight is 251 g/mol. The summed E-state index contributed by atoms with van der Waals surface area (Å²) in [4.78, 5) is 22.3.